The van der Waals surface area contributed by atoms with Crippen LogP contribution in [0, 0.1) is 5.92 Å². The van der Waals surface area contributed by atoms with Crippen LogP contribution in [0.2, 0.25) is 0 Å². The van der Waals surface area contributed by atoms with Gasteiger partial charge in [0.05, 0.1) is 0 Å². The number of rotatable bonds is 5. The van der Waals surface area contributed by atoms with Crippen LogP contribution in [0.15, 0.2) is 0 Å². The van der Waals surface area contributed by atoms with Crippen LogP contribution < -0.4 is 0 Å². The lowest BCUT2D eigenvalue weighted by Crippen LogP contribution is -2.47. The van der Waals surface area contributed by atoms with Gasteiger partial charge < -0.3 is 9.80 Å². The molecular formula is C14H30N2. The van der Waals surface area contributed by atoms with Crippen LogP contribution in [0.4, 0.5) is 0 Å². The third-order valence-corrected chi connectivity index (χ3v) is 3.75. The van der Waals surface area contributed by atoms with Crippen molar-refractivity contribution in [2.24, 2.45) is 5.92 Å². The van der Waals surface area contributed by atoms with Crippen LogP contribution >= 0.6 is 0 Å². The van der Waals surface area contributed by atoms with Gasteiger partial charge in [-0.15, -0.1) is 0 Å². The van der Waals surface area contributed by atoms with E-state index in [1.807, 2.05) is 0 Å². The summed E-state index contributed by atoms with van der Waals surface area (Å²) in [5, 5.41) is 0. The number of nitrogens with zero attached hydrogens (tertiary/aromatic N) is 2. The average molecular weight is 226 g/mol. The van der Waals surface area contributed by atoms with Gasteiger partial charge in [-0.3, -0.25) is 0 Å². The summed E-state index contributed by atoms with van der Waals surface area (Å²) in [5.41, 5.74) is 0. The first-order chi connectivity index (χ1) is 7.54. The second-order valence-corrected chi connectivity index (χ2v) is 5.84. The zero-order valence-electron chi connectivity index (χ0n) is 11.9. The van der Waals surface area contributed by atoms with Gasteiger partial charge in [-0.05, 0) is 52.2 Å². The summed E-state index contributed by atoms with van der Waals surface area (Å²) < 4.78 is 0. The Hall–Kier alpha value is -0.0800. The molecule has 0 aliphatic carbocycles. The summed E-state index contributed by atoms with van der Waals surface area (Å²) >= 11 is 0. The maximum absolute atomic E-state index is 2.68. The van der Waals surface area contributed by atoms with Crippen molar-refractivity contribution in [2.75, 3.05) is 26.2 Å². The molecule has 0 bridgehead atoms. The Morgan fingerprint density at radius 3 is 2.06 bits per heavy atom. The number of likely N-dealkylation sites (tertiary alicyclic amines) is 1. The topological polar surface area (TPSA) is 6.48 Å². The zero-order valence-corrected chi connectivity index (χ0v) is 11.9. The van der Waals surface area contributed by atoms with Crippen molar-refractivity contribution < 1.29 is 0 Å². The molecule has 0 unspecified atom stereocenters. The molecule has 1 saturated heterocycles. The van der Waals surface area contributed by atoms with Crippen LogP contribution in [-0.2, 0) is 0 Å². The molecule has 0 aromatic heterocycles. The van der Waals surface area contributed by atoms with E-state index < -0.39 is 0 Å². The number of hydrogen-bond acceptors (Lipinski definition) is 2. The Morgan fingerprint density at radius 1 is 1.12 bits per heavy atom. The van der Waals surface area contributed by atoms with Gasteiger partial charge in [0, 0.05) is 18.6 Å². The van der Waals surface area contributed by atoms with Crippen LogP contribution in [-0.4, -0.2) is 48.1 Å². The van der Waals surface area contributed by atoms with E-state index in [1.165, 1.54) is 39.0 Å². The van der Waals surface area contributed by atoms with Crippen molar-refractivity contribution in [1.29, 1.82) is 0 Å². The van der Waals surface area contributed by atoms with Crippen molar-refractivity contribution in [1.82, 2.24) is 9.80 Å². The van der Waals surface area contributed by atoms with Gasteiger partial charge in [0.25, 0.3) is 0 Å². The highest BCUT2D eigenvalue weighted by atomic mass is 15.2. The van der Waals surface area contributed by atoms with E-state index in [0.29, 0.717) is 0 Å². The van der Waals surface area contributed by atoms with Crippen molar-refractivity contribution in [3.8, 4) is 0 Å². The normalized spacial score (nSPS) is 20.2. The molecule has 1 rings (SSSR count). The summed E-state index contributed by atoms with van der Waals surface area (Å²) in [4.78, 5) is 5.29. The smallest absolute Gasteiger partial charge is 0.0120 e. The minimum absolute atomic E-state index is 0.723. The van der Waals surface area contributed by atoms with Crippen molar-refractivity contribution in [3.05, 3.63) is 0 Å². The summed E-state index contributed by atoms with van der Waals surface area (Å²) in [5.74, 6) is 0.795. The molecule has 1 aliphatic rings. The van der Waals surface area contributed by atoms with Crippen molar-refractivity contribution >= 4 is 0 Å². The lowest BCUT2D eigenvalue weighted by atomic mass is 10.0. The molecule has 1 aliphatic heterocycles. The standard InChI is InChI=1S/C14H30N2/c1-6-15(11-12(2)3)14-7-9-16(10-8-14)13(4)5/h12-14H,6-11H2,1-5H3. The highest BCUT2D eigenvalue weighted by molar-refractivity contribution is 4.81. The van der Waals surface area contributed by atoms with E-state index in [4.69, 9.17) is 0 Å². The summed E-state index contributed by atoms with van der Waals surface area (Å²) in [6, 6.07) is 1.56. The van der Waals surface area contributed by atoms with Gasteiger partial charge in [0.15, 0.2) is 0 Å². The van der Waals surface area contributed by atoms with Gasteiger partial charge >= 0.3 is 0 Å². The second-order valence-electron chi connectivity index (χ2n) is 5.84. The molecule has 16 heavy (non-hydrogen) atoms. The molecule has 0 radical (unpaired) electrons. The van der Waals surface area contributed by atoms with Crippen molar-refractivity contribution in [2.45, 2.75) is 59.5 Å². The van der Waals surface area contributed by atoms with Crippen LogP contribution in [0.25, 0.3) is 0 Å². The maximum Gasteiger partial charge on any atom is 0.0120 e. The molecule has 1 fully saturated rings. The molecule has 96 valence electrons. The zero-order chi connectivity index (χ0) is 12.1. The molecule has 2 nitrogen and oxygen atoms in total. The average Bonchev–Trinajstić information content (AvgIpc) is 2.25. The molecule has 0 aromatic rings. The largest absolute Gasteiger partial charge is 0.301 e. The Kier molecular flexibility index (Phi) is 5.77. The minimum Gasteiger partial charge on any atom is -0.301 e. The molecule has 0 spiro atoms. The quantitative estimate of drug-likeness (QED) is 0.711. The van der Waals surface area contributed by atoms with Crippen LogP contribution in [0.1, 0.15) is 47.5 Å². The molecule has 0 N–H and O–H groups in total. The molecular weight excluding hydrogens is 196 g/mol. The Labute approximate surface area is 102 Å². The fraction of sp³-hybridized carbons (Fsp3) is 1.00. The van der Waals surface area contributed by atoms with Gasteiger partial charge in [0.2, 0.25) is 0 Å². The molecule has 0 aromatic carbocycles. The van der Waals surface area contributed by atoms with E-state index in [1.54, 1.807) is 0 Å². The summed E-state index contributed by atoms with van der Waals surface area (Å²) in [6.07, 6.45) is 2.72. The first-order valence-electron chi connectivity index (χ1n) is 7.02. The summed E-state index contributed by atoms with van der Waals surface area (Å²) in [7, 11) is 0. The van der Waals surface area contributed by atoms with E-state index >= 15 is 0 Å². The van der Waals surface area contributed by atoms with Gasteiger partial charge in [0.1, 0.15) is 0 Å². The monoisotopic (exact) mass is 226 g/mol. The van der Waals surface area contributed by atoms with E-state index in [2.05, 4.69) is 44.4 Å². The lowest BCUT2D eigenvalue weighted by molar-refractivity contribution is 0.0880. The first-order valence-corrected chi connectivity index (χ1v) is 7.02. The van der Waals surface area contributed by atoms with E-state index in [9.17, 15) is 0 Å². The highest BCUT2D eigenvalue weighted by Crippen LogP contribution is 2.19. The summed E-state index contributed by atoms with van der Waals surface area (Å²) in [6.45, 7) is 16.6. The Balaban J connectivity index is 2.38. The number of hydrogen-bond donors (Lipinski definition) is 0. The van der Waals surface area contributed by atoms with E-state index in [-0.39, 0.29) is 0 Å². The second kappa shape index (κ2) is 6.61. The predicted molar refractivity (Wildman–Crippen MR) is 71.8 cm³/mol. The molecule has 0 amide bonds. The number of piperidine rings is 1. The molecule has 1 heterocycles. The van der Waals surface area contributed by atoms with Gasteiger partial charge in [-0.2, -0.15) is 0 Å². The first kappa shape index (κ1) is 14.0. The third-order valence-electron chi connectivity index (χ3n) is 3.75. The van der Waals surface area contributed by atoms with Crippen LogP contribution in [0.3, 0.4) is 0 Å². The molecule has 0 atom stereocenters. The lowest BCUT2D eigenvalue weighted by Gasteiger charge is -2.40. The Bertz CT molecular complexity index is 181. The van der Waals surface area contributed by atoms with Crippen LogP contribution in [0.5, 0.6) is 0 Å². The fourth-order valence-electron chi connectivity index (χ4n) is 2.77. The highest BCUT2D eigenvalue weighted by Gasteiger charge is 2.24. The van der Waals surface area contributed by atoms with Gasteiger partial charge in [-0.1, -0.05) is 20.8 Å². The maximum atomic E-state index is 2.68. The Morgan fingerprint density at radius 2 is 1.69 bits per heavy atom. The third kappa shape index (κ3) is 4.06. The fourth-order valence-corrected chi connectivity index (χ4v) is 2.77. The predicted octanol–water partition coefficient (Wildman–Crippen LogP) is 2.84. The molecule has 2 heteroatoms. The van der Waals surface area contributed by atoms with Gasteiger partial charge in [-0.25, -0.2) is 0 Å². The molecule has 0 saturated carbocycles. The van der Waals surface area contributed by atoms with Crippen molar-refractivity contribution in [3.63, 3.8) is 0 Å². The minimum atomic E-state index is 0.723. The SMILES string of the molecule is CCN(CC(C)C)C1CCN(C(C)C)CC1. The van der Waals surface area contributed by atoms with E-state index in [0.717, 1.165) is 18.0 Å².